The average molecular weight is 459 g/mol. The minimum atomic E-state index is -0.622. The van der Waals surface area contributed by atoms with Crippen molar-refractivity contribution < 1.29 is 9.53 Å². The number of carbonyl (C=O) groups excluding carboxylic acids is 1. The lowest BCUT2D eigenvalue weighted by atomic mass is 9.76. The molecule has 0 aliphatic carbocycles. The average Bonchev–Trinajstić information content (AvgIpc) is 2.83. The number of aromatic nitrogens is 2. The van der Waals surface area contributed by atoms with E-state index in [1.165, 1.54) is 0 Å². The highest BCUT2D eigenvalue weighted by Gasteiger charge is 2.41. The van der Waals surface area contributed by atoms with Crippen LogP contribution in [0.3, 0.4) is 0 Å². The van der Waals surface area contributed by atoms with E-state index >= 15 is 0 Å². The van der Waals surface area contributed by atoms with E-state index in [2.05, 4.69) is 10.3 Å². The maximum Gasteiger partial charge on any atom is 0.351 e. The summed E-state index contributed by atoms with van der Waals surface area (Å²) in [6.07, 6.45) is 0.755. The van der Waals surface area contributed by atoms with Gasteiger partial charge >= 0.3 is 11.7 Å². The largest absolute Gasteiger partial charge is 0.465 e. The maximum atomic E-state index is 13.2. The zero-order valence-electron chi connectivity index (χ0n) is 20.0. The van der Waals surface area contributed by atoms with Gasteiger partial charge in [0.25, 0.3) is 0 Å². The van der Waals surface area contributed by atoms with Gasteiger partial charge in [0.05, 0.1) is 6.61 Å². The number of benzene rings is 2. The lowest BCUT2D eigenvalue weighted by molar-refractivity contribution is -0.146. The van der Waals surface area contributed by atoms with Crippen LogP contribution in [0.4, 0.5) is 17.3 Å². The van der Waals surface area contributed by atoms with E-state index in [0.29, 0.717) is 23.9 Å². The van der Waals surface area contributed by atoms with Gasteiger partial charge < -0.3 is 10.1 Å². The summed E-state index contributed by atoms with van der Waals surface area (Å²) >= 11 is 0. The normalized spacial score (nSPS) is 17.0. The van der Waals surface area contributed by atoms with Crippen molar-refractivity contribution in [3.8, 4) is 0 Å². The summed E-state index contributed by atoms with van der Waals surface area (Å²) in [7, 11) is 0. The molecule has 0 saturated carbocycles. The number of aliphatic imine (C=N–C) groups is 1. The van der Waals surface area contributed by atoms with Crippen molar-refractivity contribution in [2.75, 3.05) is 11.9 Å². The van der Waals surface area contributed by atoms with Gasteiger partial charge in [-0.25, -0.2) is 9.79 Å². The van der Waals surface area contributed by atoms with Crippen LogP contribution in [0, 0.1) is 12.8 Å². The lowest BCUT2D eigenvalue weighted by Gasteiger charge is -2.33. The first-order valence-electron chi connectivity index (χ1n) is 11.7. The SMILES string of the molecule is CCCn1c2c(c(Nc3ccc(C)cc3)nc1=O)C(c1ccccc1)C(C(=O)OCC)C(C)=N2. The van der Waals surface area contributed by atoms with Gasteiger partial charge in [-0.3, -0.25) is 9.36 Å². The zero-order valence-corrected chi connectivity index (χ0v) is 20.0. The number of nitrogens with one attached hydrogen (secondary N) is 1. The van der Waals surface area contributed by atoms with Crippen LogP contribution < -0.4 is 11.0 Å². The van der Waals surface area contributed by atoms with Crippen LogP contribution in [-0.4, -0.2) is 27.8 Å². The molecule has 0 saturated heterocycles. The number of esters is 1. The fourth-order valence-electron chi connectivity index (χ4n) is 4.46. The Morgan fingerprint density at radius 2 is 1.76 bits per heavy atom. The van der Waals surface area contributed by atoms with Gasteiger partial charge in [-0.15, -0.1) is 0 Å². The molecule has 2 unspecified atom stereocenters. The van der Waals surface area contributed by atoms with Gasteiger partial charge in [0.1, 0.15) is 17.6 Å². The Bertz CT molecular complexity index is 1260. The van der Waals surface area contributed by atoms with E-state index in [9.17, 15) is 9.59 Å². The number of nitrogens with zero attached hydrogens (tertiary/aromatic N) is 3. The molecule has 1 aliphatic rings. The molecule has 34 heavy (non-hydrogen) atoms. The highest BCUT2D eigenvalue weighted by Crippen LogP contribution is 2.45. The van der Waals surface area contributed by atoms with Crippen LogP contribution in [0.5, 0.6) is 0 Å². The summed E-state index contributed by atoms with van der Waals surface area (Å²) in [4.78, 5) is 35.5. The minimum Gasteiger partial charge on any atom is -0.465 e. The van der Waals surface area contributed by atoms with Crippen molar-refractivity contribution in [2.24, 2.45) is 10.9 Å². The molecule has 1 aliphatic heterocycles. The molecular formula is C27H30N4O3. The zero-order chi connectivity index (χ0) is 24.2. The van der Waals surface area contributed by atoms with Crippen LogP contribution >= 0.6 is 0 Å². The number of hydrogen-bond donors (Lipinski definition) is 1. The second kappa shape index (κ2) is 10.0. The number of aryl methyl sites for hydroxylation is 1. The molecule has 0 bridgehead atoms. The number of ether oxygens (including phenoxy) is 1. The van der Waals surface area contributed by atoms with Crippen molar-refractivity contribution in [3.05, 3.63) is 81.8 Å². The standard InChI is InChI=1S/C27H30N4O3/c1-5-16-31-25-23(24(30-27(31)33)29-20-14-12-17(3)13-15-20)22(19-10-8-7-9-11-19)21(18(4)28-25)26(32)34-6-2/h7-15,21-22H,5-6,16H2,1-4H3,(H,29,30,33). The van der Waals surface area contributed by atoms with Crippen LogP contribution in [0.15, 0.2) is 64.4 Å². The summed E-state index contributed by atoms with van der Waals surface area (Å²) in [5.74, 6) is -0.406. The Balaban J connectivity index is 1.99. The van der Waals surface area contributed by atoms with Gasteiger partial charge in [-0.1, -0.05) is 55.0 Å². The van der Waals surface area contributed by atoms with Gasteiger partial charge in [0, 0.05) is 29.4 Å². The highest BCUT2D eigenvalue weighted by atomic mass is 16.5. The van der Waals surface area contributed by atoms with Crippen LogP contribution in [0.2, 0.25) is 0 Å². The van der Waals surface area contributed by atoms with E-state index in [1.807, 2.05) is 75.4 Å². The fraction of sp³-hybridized carbons (Fsp3) is 0.333. The minimum absolute atomic E-state index is 0.277. The van der Waals surface area contributed by atoms with E-state index in [0.717, 1.165) is 28.8 Å². The Morgan fingerprint density at radius 1 is 1.06 bits per heavy atom. The van der Waals surface area contributed by atoms with Gasteiger partial charge in [0.2, 0.25) is 0 Å². The molecule has 3 aromatic rings. The second-order valence-corrected chi connectivity index (χ2v) is 8.49. The van der Waals surface area contributed by atoms with E-state index < -0.39 is 11.8 Å². The Hall–Kier alpha value is -3.74. The van der Waals surface area contributed by atoms with Gasteiger partial charge in [-0.2, -0.15) is 4.98 Å². The third kappa shape index (κ3) is 4.51. The van der Waals surface area contributed by atoms with E-state index in [-0.39, 0.29) is 18.3 Å². The summed E-state index contributed by atoms with van der Waals surface area (Å²) in [5, 5.41) is 3.33. The number of rotatable bonds is 7. The molecule has 7 nitrogen and oxygen atoms in total. The molecule has 2 aromatic carbocycles. The third-order valence-electron chi connectivity index (χ3n) is 6.03. The first kappa shape index (κ1) is 23.4. The lowest BCUT2D eigenvalue weighted by Crippen LogP contribution is -2.37. The van der Waals surface area contributed by atoms with E-state index in [4.69, 9.17) is 9.73 Å². The number of fused-ring (bicyclic) bond motifs is 1. The molecule has 0 spiro atoms. The Morgan fingerprint density at radius 3 is 2.41 bits per heavy atom. The third-order valence-corrected chi connectivity index (χ3v) is 6.03. The first-order chi connectivity index (χ1) is 16.4. The Kier molecular flexibility index (Phi) is 6.91. The number of anilines is 2. The molecule has 1 aromatic heterocycles. The van der Waals surface area contributed by atoms with Crippen molar-refractivity contribution in [2.45, 2.75) is 46.6 Å². The molecule has 2 heterocycles. The van der Waals surface area contributed by atoms with Crippen molar-refractivity contribution >= 4 is 29.0 Å². The summed E-state index contributed by atoms with van der Waals surface area (Å²) in [5.41, 5.74) is 3.85. The van der Waals surface area contributed by atoms with Crippen LogP contribution in [-0.2, 0) is 16.1 Å². The summed E-state index contributed by atoms with van der Waals surface area (Å²) < 4.78 is 7.07. The fourth-order valence-corrected chi connectivity index (χ4v) is 4.46. The topological polar surface area (TPSA) is 85.6 Å². The van der Waals surface area contributed by atoms with Crippen LogP contribution in [0.1, 0.15) is 49.8 Å². The monoisotopic (exact) mass is 458 g/mol. The van der Waals surface area contributed by atoms with Crippen LogP contribution in [0.25, 0.3) is 0 Å². The second-order valence-electron chi connectivity index (χ2n) is 8.49. The molecule has 0 amide bonds. The molecule has 0 fully saturated rings. The molecule has 0 radical (unpaired) electrons. The molecule has 2 atom stereocenters. The molecule has 1 N–H and O–H groups in total. The highest BCUT2D eigenvalue weighted by molar-refractivity contribution is 6.05. The predicted octanol–water partition coefficient (Wildman–Crippen LogP) is 5.12. The number of hydrogen-bond acceptors (Lipinski definition) is 6. The molecule has 4 rings (SSSR count). The maximum absolute atomic E-state index is 13.2. The van der Waals surface area contributed by atoms with Crippen molar-refractivity contribution in [1.82, 2.24) is 9.55 Å². The quantitative estimate of drug-likeness (QED) is 0.497. The van der Waals surface area contributed by atoms with Gasteiger partial charge in [0.15, 0.2) is 0 Å². The molecule has 7 heteroatoms. The summed E-state index contributed by atoms with van der Waals surface area (Å²) in [6, 6.07) is 17.7. The van der Waals surface area contributed by atoms with E-state index in [1.54, 1.807) is 11.5 Å². The molecule has 176 valence electrons. The first-order valence-corrected chi connectivity index (χ1v) is 11.7. The van der Waals surface area contributed by atoms with Crippen molar-refractivity contribution in [1.29, 1.82) is 0 Å². The Labute approximate surface area is 199 Å². The number of carbonyl (C=O) groups is 1. The van der Waals surface area contributed by atoms with Crippen molar-refractivity contribution in [3.63, 3.8) is 0 Å². The summed E-state index contributed by atoms with van der Waals surface area (Å²) in [6.45, 7) is 8.41. The van der Waals surface area contributed by atoms with Gasteiger partial charge in [-0.05, 0) is 44.9 Å². The molecular weight excluding hydrogens is 428 g/mol. The predicted molar refractivity (Wildman–Crippen MR) is 134 cm³/mol. The smallest absolute Gasteiger partial charge is 0.351 e.